The number of halogens is 2. The number of carbonyl (C=O) groups is 2. The van der Waals surface area contributed by atoms with Gasteiger partial charge in [-0.2, -0.15) is 0 Å². The summed E-state index contributed by atoms with van der Waals surface area (Å²) in [6, 6.07) is 11.9. The maximum Gasteiger partial charge on any atom is 0.251 e. The molecule has 1 aromatic carbocycles. The summed E-state index contributed by atoms with van der Waals surface area (Å²) >= 11 is 0. The highest BCUT2D eigenvalue weighted by molar-refractivity contribution is 5.97. The van der Waals surface area contributed by atoms with Crippen LogP contribution in [0.15, 0.2) is 54.9 Å². The van der Waals surface area contributed by atoms with Gasteiger partial charge in [-0.15, -0.1) is 24.8 Å². The monoisotopic (exact) mass is 466 g/mol. The molecule has 1 saturated carbocycles. The van der Waals surface area contributed by atoms with E-state index in [2.05, 4.69) is 15.6 Å². The summed E-state index contributed by atoms with van der Waals surface area (Å²) in [4.78, 5) is 29.9. The molecule has 0 spiro atoms. The molecule has 2 amide bonds. The van der Waals surface area contributed by atoms with E-state index in [9.17, 15) is 9.59 Å². The predicted molar refractivity (Wildman–Crippen MR) is 128 cm³/mol. The largest absolute Gasteiger partial charge is 0.350 e. The fourth-order valence-electron chi connectivity index (χ4n) is 3.98. The van der Waals surface area contributed by atoms with Crippen molar-refractivity contribution in [2.24, 2.45) is 11.7 Å². The number of hydrogen-bond donors (Lipinski definition) is 3. The number of pyridine rings is 1. The molecular weight excluding hydrogens is 435 g/mol. The van der Waals surface area contributed by atoms with E-state index in [1.54, 1.807) is 36.7 Å². The number of hydrogen-bond acceptors (Lipinski definition) is 4. The molecule has 0 bridgehead atoms. The smallest absolute Gasteiger partial charge is 0.251 e. The van der Waals surface area contributed by atoms with Crippen LogP contribution in [0.3, 0.4) is 0 Å². The fraction of sp³-hybridized carbons (Fsp3) is 0.435. The third-order valence-corrected chi connectivity index (χ3v) is 5.62. The molecule has 2 unspecified atom stereocenters. The van der Waals surface area contributed by atoms with Gasteiger partial charge < -0.3 is 16.4 Å². The van der Waals surface area contributed by atoms with Crippen LogP contribution >= 0.6 is 24.8 Å². The summed E-state index contributed by atoms with van der Waals surface area (Å²) in [5, 5.41) is 6.01. The Balaban J connectivity index is 0.00000240. The Morgan fingerprint density at radius 1 is 1.00 bits per heavy atom. The minimum Gasteiger partial charge on any atom is -0.350 e. The van der Waals surface area contributed by atoms with Crippen LogP contribution in [-0.4, -0.2) is 35.4 Å². The van der Waals surface area contributed by atoms with E-state index < -0.39 is 6.04 Å². The normalized spacial score (nSPS) is 15.5. The second-order valence-electron chi connectivity index (χ2n) is 7.71. The minimum atomic E-state index is -0.690. The lowest BCUT2D eigenvalue weighted by molar-refractivity contribution is -0.124. The van der Waals surface area contributed by atoms with E-state index in [1.807, 2.05) is 18.2 Å². The van der Waals surface area contributed by atoms with Crippen molar-refractivity contribution in [1.29, 1.82) is 0 Å². The van der Waals surface area contributed by atoms with Crippen molar-refractivity contribution >= 4 is 36.6 Å². The first-order chi connectivity index (χ1) is 14.2. The van der Waals surface area contributed by atoms with Gasteiger partial charge in [0.1, 0.15) is 6.04 Å². The van der Waals surface area contributed by atoms with Crippen LogP contribution < -0.4 is 16.4 Å². The number of nitrogens with two attached hydrogens (primary N) is 1. The van der Waals surface area contributed by atoms with E-state index in [0.717, 1.165) is 18.4 Å². The zero-order valence-electron chi connectivity index (χ0n) is 17.5. The van der Waals surface area contributed by atoms with Gasteiger partial charge in [-0.25, -0.2) is 0 Å². The molecule has 0 aliphatic heterocycles. The summed E-state index contributed by atoms with van der Waals surface area (Å²) in [6.07, 6.45) is 9.57. The third kappa shape index (κ3) is 8.13. The van der Waals surface area contributed by atoms with Crippen LogP contribution in [0.5, 0.6) is 0 Å². The molecule has 1 heterocycles. The maximum absolute atomic E-state index is 13.1. The lowest BCUT2D eigenvalue weighted by Gasteiger charge is -2.31. The molecule has 170 valence electrons. The molecule has 8 heteroatoms. The van der Waals surface area contributed by atoms with Crippen LogP contribution in [0.1, 0.15) is 48.0 Å². The summed E-state index contributed by atoms with van der Waals surface area (Å²) < 4.78 is 0. The lowest BCUT2D eigenvalue weighted by atomic mass is 9.83. The molecule has 2 atom stereocenters. The van der Waals surface area contributed by atoms with Gasteiger partial charge in [0, 0.05) is 37.0 Å². The molecule has 6 nitrogen and oxygen atoms in total. The molecule has 1 fully saturated rings. The summed E-state index contributed by atoms with van der Waals surface area (Å²) in [6.45, 7) is 0.405. The second-order valence-corrected chi connectivity index (χ2v) is 7.71. The minimum absolute atomic E-state index is 0. The van der Waals surface area contributed by atoms with Crippen molar-refractivity contribution in [2.75, 3.05) is 6.54 Å². The highest BCUT2D eigenvalue weighted by atomic mass is 35.5. The van der Waals surface area contributed by atoms with Gasteiger partial charge in [-0.1, -0.05) is 43.5 Å². The Labute approximate surface area is 196 Å². The number of nitrogens with one attached hydrogen (secondary N) is 2. The average Bonchev–Trinajstić information content (AvgIpc) is 2.78. The summed E-state index contributed by atoms with van der Waals surface area (Å²) in [5.41, 5.74) is 7.40. The van der Waals surface area contributed by atoms with Gasteiger partial charge in [0.2, 0.25) is 5.91 Å². The molecule has 1 aromatic heterocycles. The van der Waals surface area contributed by atoms with Crippen molar-refractivity contribution in [3.63, 3.8) is 0 Å². The SMILES string of the molecule is Cl.Cl.NCC(NC(=O)C(Cc1cccnc1)NC(=O)c1ccccc1)C1CCCCC1. The van der Waals surface area contributed by atoms with Crippen molar-refractivity contribution in [1.82, 2.24) is 15.6 Å². The average molecular weight is 467 g/mol. The Morgan fingerprint density at radius 3 is 2.32 bits per heavy atom. The van der Waals surface area contributed by atoms with Crippen molar-refractivity contribution in [2.45, 2.75) is 50.6 Å². The Morgan fingerprint density at radius 2 is 1.71 bits per heavy atom. The van der Waals surface area contributed by atoms with Crippen LogP contribution in [0.4, 0.5) is 0 Å². The second kappa shape index (κ2) is 14.0. The quantitative estimate of drug-likeness (QED) is 0.555. The topological polar surface area (TPSA) is 97.1 Å². The molecule has 0 radical (unpaired) electrons. The van der Waals surface area contributed by atoms with Gasteiger partial charge in [-0.05, 0) is 42.5 Å². The standard InChI is InChI=1S/C23H30N4O2.2ClH/c24-15-21(18-9-3-1-4-10-18)27-23(29)20(14-17-8-7-13-25-16-17)26-22(28)19-11-5-2-6-12-19;;/h2,5-8,11-13,16,18,20-21H,1,3-4,9-10,14-15,24H2,(H,26,28)(H,27,29);2*1H. The number of nitrogens with zero attached hydrogens (tertiary/aromatic N) is 1. The molecule has 0 saturated heterocycles. The van der Waals surface area contributed by atoms with Crippen LogP contribution in [0.25, 0.3) is 0 Å². The molecule has 1 aliphatic carbocycles. The summed E-state index contributed by atoms with van der Waals surface area (Å²) in [5.74, 6) is -0.0580. The molecule has 1 aliphatic rings. The Bertz CT molecular complexity index is 787. The van der Waals surface area contributed by atoms with E-state index in [-0.39, 0.29) is 42.7 Å². The number of amides is 2. The van der Waals surface area contributed by atoms with Gasteiger partial charge in [0.15, 0.2) is 0 Å². The van der Waals surface area contributed by atoms with Crippen molar-refractivity contribution in [3.8, 4) is 0 Å². The van der Waals surface area contributed by atoms with E-state index in [4.69, 9.17) is 5.73 Å². The maximum atomic E-state index is 13.1. The fourth-order valence-corrected chi connectivity index (χ4v) is 3.98. The number of carbonyl (C=O) groups excluding carboxylic acids is 2. The van der Waals surface area contributed by atoms with Gasteiger partial charge in [0.05, 0.1) is 0 Å². The molecular formula is C23H32Cl2N4O2. The van der Waals surface area contributed by atoms with Gasteiger partial charge in [-0.3, -0.25) is 14.6 Å². The Hall–Kier alpha value is -2.15. The first kappa shape index (κ1) is 26.9. The molecule has 4 N–H and O–H groups in total. The highest BCUT2D eigenvalue weighted by Crippen LogP contribution is 2.26. The zero-order valence-corrected chi connectivity index (χ0v) is 19.2. The lowest BCUT2D eigenvalue weighted by Crippen LogP contribution is -2.54. The number of aromatic nitrogens is 1. The number of rotatable bonds is 8. The summed E-state index contributed by atoms with van der Waals surface area (Å²) in [7, 11) is 0. The first-order valence-electron chi connectivity index (χ1n) is 10.4. The van der Waals surface area contributed by atoms with Crippen molar-refractivity contribution in [3.05, 3.63) is 66.0 Å². The molecule has 3 rings (SSSR count). The van der Waals surface area contributed by atoms with Crippen molar-refractivity contribution < 1.29 is 9.59 Å². The van der Waals surface area contributed by atoms with Gasteiger partial charge >= 0.3 is 0 Å². The van der Waals surface area contributed by atoms with Crippen LogP contribution in [0.2, 0.25) is 0 Å². The predicted octanol–water partition coefficient (Wildman–Crippen LogP) is 3.29. The van der Waals surface area contributed by atoms with Crippen LogP contribution in [-0.2, 0) is 11.2 Å². The van der Waals surface area contributed by atoms with E-state index in [0.29, 0.717) is 24.4 Å². The first-order valence-corrected chi connectivity index (χ1v) is 10.4. The van der Waals surface area contributed by atoms with Gasteiger partial charge in [0.25, 0.3) is 5.91 Å². The van der Waals surface area contributed by atoms with E-state index in [1.165, 1.54) is 19.3 Å². The third-order valence-electron chi connectivity index (χ3n) is 5.62. The van der Waals surface area contributed by atoms with E-state index >= 15 is 0 Å². The molecule has 2 aromatic rings. The van der Waals surface area contributed by atoms with Crippen LogP contribution in [0, 0.1) is 5.92 Å². The Kier molecular flexibility index (Phi) is 12.2. The molecule has 31 heavy (non-hydrogen) atoms. The number of benzene rings is 1. The zero-order chi connectivity index (χ0) is 20.5. The highest BCUT2D eigenvalue weighted by Gasteiger charge is 2.28.